The van der Waals surface area contributed by atoms with Crippen LogP contribution in [-0.2, 0) is 14.8 Å². The molecule has 0 radical (unpaired) electrons. The Morgan fingerprint density at radius 3 is 2.44 bits per heavy atom. The van der Waals surface area contributed by atoms with E-state index in [2.05, 4.69) is 30.0 Å². The van der Waals surface area contributed by atoms with Crippen molar-refractivity contribution >= 4 is 33.5 Å². The van der Waals surface area contributed by atoms with E-state index in [0.717, 1.165) is 0 Å². The third-order valence-corrected chi connectivity index (χ3v) is 6.12. The molecule has 1 fully saturated rings. The van der Waals surface area contributed by atoms with Gasteiger partial charge < -0.3 is 10.2 Å². The summed E-state index contributed by atoms with van der Waals surface area (Å²) in [4.78, 5) is 41.9. The fraction of sp³-hybridized carbons (Fsp3) is 0.200. The molecular formula is C20H19N7O4S. The molecule has 1 aliphatic rings. The van der Waals surface area contributed by atoms with E-state index in [1.807, 2.05) is 0 Å². The third kappa shape index (κ3) is 4.70. The SMILES string of the molecule is Cc1ccnc(NS(=O)(=O)c2ccc(NC(=O)C3CN(C(=O)c4cnccn4)C3)cc2)n1. The van der Waals surface area contributed by atoms with Crippen LogP contribution in [0.3, 0.4) is 0 Å². The first-order valence-electron chi connectivity index (χ1n) is 9.60. The van der Waals surface area contributed by atoms with E-state index in [1.54, 1.807) is 13.0 Å². The summed E-state index contributed by atoms with van der Waals surface area (Å²) in [5, 5.41) is 2.73. The van der Waals surface area contributed by atoms with Crippen molar-refractivity contribution < 1.29 is 18.0 Å². The van der Waals surface area contributed by atoms with Crippen LogP contribution in [0.2, 0.25) is 0 Å². The molecule has 4 rings (SSSR count). The molecule has 32 heavy (non-hydrogen) atoms. The van der Waals surface area contributed by atoms with Gasteiger partial charge in [-0.15, -0.1) is 0 Å². The molecule has 1 saturated heterocycles. The second-order valence-corrected chi connectivity index (χ2v) is 8.82. The van der Waals surface area contributed by atoms with Gasteiger partial charge in [-0.1, -0.05) is 0 Å². The lowest BCUT2D eigenvalue weighted by molar-refractivity contribution is -0.123. The van der Waals surface area contributed by atoms with Crippen LogP contribution < -0.4 is 10.0 Å². The minimum absolute atomic E-state index is 0.00462. The van der Waals surface area contributed by atoms with Gasteiger partial charge in [-0.05, 0) is 37.3 Å². The molecule has 2 N–H and O–H groups in total. The molecule has 0 unspecified atom stereocenters. The number of likely N-dealkylation sites (tertiary alicyclic amines) is 1. The van der Waals surface area contributed by atoms with Crippen LogP contribution in [0.4, 0.5) is 11.6 Å². The molecule has 2 aromatic heterocycles. The largest absolute Gasteiger partial charge is 0.336 e. The lowest BCUT2D eigenvalue weighted by atomic mass is 9.98. The summed E-state index contributed by atoms with van der Waals surface area (Å²) in [5.41, 5.74) is 1.30. The zero-order chi connectivity index (χ0) is 22.7. The van der Waals surface area contributed by atoms with Gasteiger partial charge in [0.25, 0.3) is 15.9 Å². The predicted molar refractivity (Wildman–Crippen MR) is 114 cm³/mol. The number of anilines is 2. The molecule has 0 spiro atoms. The molecule has 0 bridgehead atoms. The monoisotopic (exact) mass is 453 g/mol. The predicted octanol–water partition coefficient (Wildman–Crippen LogP) is 1.09. The second-order valence-electron chi connectivity index (χ2n) is 7.14. The number of aryl methyl sites for hydroxylation is 1. The van der Waals surface area contributed by atoms with Crippen LogP contribution in [0.15, 0.2) is 60.0 Å². The van der Waals surface area contributed by atoms with Crippen molar-refractivity contribution in [2.24, 2.45) is 5.92 Å². The Morgan fingerprint density at radius 1 is 1.03 bits per heavy atom. The number of nitrogens with one attached hydrogen (secondary N) is 2. The van der Waals surface area contributed by atoms with Crippen molar-refractivity contribution in [3.05, 3.63) is 66.5 Å². The fourth-order valence-electron chi connectivity index (χ4n) is 3.02. The zero-order valence-electron chi connectivity index (χ0n) is 17.0. The van der Waals surface area contributed by atoms with Crippen molar-refractivity contribution in [1.29, 1.82) is 0 Å². The molecule has 3 heterocycles. The van der Waals surface area contributed by atoms with Gasteiger partial charge in [0.2, 0.25) is 11.9 Å². The standard InChI is InChI=1S/C20H19N7O4S/c1-13-6-7-23-20(24-13)26-32(30,31)16-4-2-15(3-5-16)25-18(28)14-11-27(12-14)19(29)17-10-21-8-9-22-17/h2-10,14H,11-12H2,1H3,(H,25,28)(H,23,24,26). The molecule has 11 nitrogen and oxygen atoms in total. The van der Waals surface area contributed by atoms with Gasteiger partial charge >= 0.3 is 0 Å². The second kappa shape index (κ2) is 8.67. The molecule has 0 saturated carbocycles. The minimum Gasteiger partial charge on any atom is -0.336 e. The Morgan fingerprint density at radius 2 is 1.78 bits per heavy atom. The summed E-state index contributed by atoms with van der Waals surface area (Å²) in [6, 6.07) is 7.38. The average Bonchev–Trinajstić information content (AvgIpc) is 2.73. The Kier molecular flexibility index (Phi) is 5.77. The highest BCUT2D eigenvalue weighted by atomic mass is 32.2. The van der Waals surface area contributed by atoms with E-state index in [-0.39, 0.29) is 47.4 Å². The number of nitrogens with zero attached hydrogens (tertiary/aromatic N) is 5. The summed E-state index contributed by atoms with van der Waals surface area (Å²) < 4.78 is 27.3. The van der Waals surface area contributed by atoms with Crippen molar-refractivity contribution in [3.63, 3.8) is 0 Å². The van der Waals surface area contributed by atoms with Crippen molar-refractivity contribution in [2.75, 3.05) is 23.1 Å². The van der Waals surface area contributed by atoms with Gasteiger partial charge in [0.15, 0.2) is 0 Å². The van der Waals surface area contributed by atoms with Gasteiger partial charge in [-0.25, -0.2) is 28.1 Å². The highest BCUT2D eigenvalue weighted by molar-refractivity contribution is 7.92. The summed E-state index contributed by atoms with van der Waals surface area (Å²) in [7, 11) is -3.87. The molecule has 12 heteroatoms. The Hall–Kier alpha value is -3.93. The summed E-state index contributed by atoms with van der Waals surface area (Å²) in [5.74, 6) is -0.913. The first-order valence-corrected chi connectivity index (χ1v) is 11.1. The van der Waals surface area contributed by atoms with Crippen LogP contribution in [0.1, 0.15) is 16.2 Å². The molecule has 2 amide bonds. The van der Waals surface area contributed by atoms with Crippen molar-refractivity contribution in [3.8, 4) is 0 Å². The van der Waals surface area contributed by atoms with E-state index in [9.17, 15) is 18.0 Å². The smallest absolute Gasteiger partial charge is 0.274 e. The molecule has 164 valence electrons. The van der Waals surface area contributed by atoms with Crippen molar-refractivity contribution in [2.45, 2.75) is 11.8 Å². The Labute approximate surface area is 184 Å². The van der Waals surface area contributed by atoms with E-state index in [4.69, 9.17) is 0 Å². The molecule has 0 atom stereocenters. The van der Waals surface area contributed by atoms with Gasteiger partial charge in [0, 0.05) is 43.1 Å². The maximum Gasteiger partial charge on any atom is 0.274 e. The zero-order valence-corrected chi connectivity index (χ0v) is 17.8. The maximum atomic E-state index is 12.5. The average molecular weight is 453 g/mol. The Balaban J connectivity index is 1.33. The van der Waals surface area contributed by atoms with E-state index >= 15 is 0 Å². The normalized spacial score (nSPS) is 13.8. The fourth-order valence-corrected chi connectivity index (χ4v) is 3.97. The van der Waals surface area contributed by atoms with Gasteiger partial charge in [-0.2, -0.15) is 0 Å². The maximum absolute atomic E-state index is 12.5. The highest BCUT2D eigenvalue weighted by Crippen LogP contribution is 2.21. The van der Waals surface area contributed by atoms with E-state index < -0.39 is 10.0 Å². The van der Waals surface area contributed by atoms with Crippen LogP contribution >= 0.6 is 0 Å². The van der Waals surface area contributed by atoms with Gasteiger partial charge in [0.05, 0.1) is 17.0 Å². The van der Waals surface area contributed by atoms with E-state index in [0.29, 0.717) is 11.4 Å². The molecule has 0 aliphatic carbocycles. The first kappa shape index (κ1) is 21.3. The third-order valence-electron chi connectivity index (χ3n) is 4.77. The lowest BCUT2D eigenvalue weighted by Crippen LogP contribution is -2.54. The number of carbonyl (C=O) groups is 2. The minimum atomic E-state index is -3.87. The Bertz CT molecular complexity index is 1240. The molecule has 1 aliphatic heterocycles. The van der Waals surface area contributed by atoms with Gasteiger partial charge in [-0.3, -0.25) is 14.6 Å². The molecule has 3 aromatic rings. The van der Waals surface area contributed by atoms with Crippen LogP contribution in [0, 0.1) is 12.8 Å². The summed E-state index contributed by atoms with van der Waals surface area (Å²) in [6.45, 7) is 2.27. The summed E-state index contributed by atoms with van der Waals surface area (Å²) in [6.07, 6.45) is 5.75. The molecular weight excluding hydrogens is 434 g/mol. The first-order chi connectivity index (χ1) is 15.3. The number of hydrogen-bond acceptors (Lipinski definition) is 8. The van der Waals surface area contributed by atoms with Gasteiger partial charge in [0.1, 0.15) is 5.69 Å². The number of amides is 2. The summed E-state index contributed by atoms with van der Waals surface area (Å²) >= 11 is 0. The number of sulfonamides is 1. The number of benzene rings is 1. The van der Waals surface area contributed by atoms with Crippen LogP contribution in [0.25, 0.3) is 0 Å². The van der Waals surface area contributed by atoms with Crippen LogP contribution in [-0.4, -0.2) is 58.2 Å². The van der Waals surface area contributed by atoms with Crippen LogP contribution in [0.5, 0.6) is 0 Å². The van der Waals surface area contributed by atoms with Crippen molar-refractivity contribution in [1.82, 2.24) is 24.8 Å². The quantitative estimate of drug-likeness (QED) is 0.564. The number of aromatic nitrogens is 4. The topological polar surface area (TPSA) is 147 Å². The number of carbonyl (C=O) groups excluding carboxylic acids is 2. The molecule has 1 aromatic carbocycles. The number of rotatable bonds is 6. The van der Waals surface area contributed by atoms with E-state index in [1.165, 1.54) is 54.0 Å². The highest BCUT2D eigenvalue weighted by Gasteiger charge is 2.36. The lowest BCUT2D eigenvalue weighted by Gasteiger charge is -2.37. The number of hydrogen-bond donors (Lipinski definition) is 2.